The van der Waals surface area contributed by atoms with E-state index in [0.717, 1.165) is 11.5 Å². The third-order valence-corrected chi connectivity index (χ3v) is 3.73. The summed E-state index contributed by atoms with van der Waals surface area (Å²) in [7, 11) is 1.56. The molecule has 1 unspecified atom stereocenters. The lowest BCUT2D eigenvalue weighted by molar-refractivity contribution is -0.121. The maximum absolute atomic E-state index is 12.1. The fourth-order valence-corrected chi connectivity index (χ4v) is 2.49. The van der Waals surface area contributed by atoms with Gasteiger partial charge in [-0.25, -0.2) is 4.79 Å². The molecule has 0 spiro atoms. The number of rotatable bonds is 5. The summed E-state index contributed by atoms with van der Waals surface area (Å²) >= 11 is 1.02. The molecule has 6 nitrogen and oxygen atoms in total. The van der Waals surface area contributed by atoms with Crippen LogP contribution in [0.4, 0.5) is 5.00 Å². The summed E-state index contributed by atoms with van der Waals surface area (Å²) in [6, 6.07) is 0. The van der Waals surface area contributed by atoms with Gasteiger partial charge in [0, 0.05) is 13.0 Å². The lowest BCUT2D eigenvalue weighted by atomic mass is 10.1. The van der Waals surface area contributed by atoms with Crippen LogP contribution in [0.2, 0.25) is 0 Å². The number of anilines is 1. The molecule has 0 saturated carbocycles. The van der Waals surface area contributed by atoms with Crippen molar-refractivity contribution in [2.45, 2.75) is 20.3 Å². The van der Waals surface area contributed by atoms with Gasteiger partial charge in [0.15, 0.2) is 0 Å². The lowest BCUT2D eigenvalue weighted by Gasteiger charge is -2.19. The van der Waals surface area contributed by atoms with Gasteiger partial charge in [-0.05, 0) is 31.4 Å². The molecule has 0 aliphatic carbocycles. The van der Waals surface area contributed by atoms with Crippen LogP contribution in [0.5, 0.6) is 0 Å². The SMILES string of the molecule is Cc1nsc(N(C)C(=O)C(C)CCN)c1C(=O)O. The molecule has 1 aromatic heterocycles. The summed E-state index contributed by atoms with van der Waals surface area (Å²) in [6.45, 7) is 3.82. The number of carboxylic acids is 1. The zero-order valence-electron chi connectivity index (χ0n) is 10.6. The highest BCUT2D eigenvalue weighted by Crippen LogP contribution is 2.28. The number of carbonyl (C=O) groups is 2. The van der Waals surface area contributed by atoms with E-state index < -0.39 is 5.97 Å². The summed E-state index contributed by atoms with van der Waals surface area (Å²) in [4.78, 5) is 24.6. The van der Waals surface area contributed by atoms with Crippen LogP contribution in [0, 0.1) is 12.8 Å². The quantitative estimate of drug-likeness (QED) is 0.835. The molecule has 1 aromatic rings. The van der Waals surface area contributed by atoms with Gasteiger partial charge in [-0.15, -0.1) is 0 Å². The fraction of sp³-hybridized carbons (Fsp3) is 0.545. The average Bonchev–Trinajstić information content (AvgIpc) is 2.69. The highest BCUT2D eigenvalue weighted by molar-refractivity contribution is 7.11. The van der Waals surface area contributed by atoms with Crippen LogP contribution >= 0.6 is 11.5 Å². The highest BCUT2D eigenvalue weighted by atomic mass is 32.1. The number of aromatic carboxylic acids is 1. The van der Waals surface area contributed by atoms with E-state index in [1.165, 1.54) is 4.90 Å². The van der Waals surface area contributed by atoms with Crippen LogP contribution in [0.3, 0.4) is 0 Å². The summed E-state index contributed by atoms with van der Waals surface area (Å²) in [5, 5.41) is 9.49. The number of nitrogens with two attached hydrogens (primary N) is 1. The Morgan fingerprint density at radius 3 is 2.67 bits per heavy atom. The second-order valence-corrected chi connectivity index (χ2v) is 4.88. The monoisotopic (exact) mass is 271 g/mol. The molecule has 1 heterocycles. The number of aryl methyl sites for hydroxylation is 1. The van der Waals surface area contributed by atoms with Crippen molar-refractivity contribution in [3.8, 4) is 0 Å². The van der Waals surface area contributed by atoms with Gasteiger partial charge in [0.25, 0.3) is 0 Å². The predicted molar refractivity (Wildman–Crippen MR) is 70.1 cm³/mol. The number of carbonyl (C=O) groups excluding carboxylic acids is 1. The first kappa shape index (κ1) is 14.6. The van der Waals surface area contributed by atoms with E-state index in [0.29, 0.717) is 23.7 Å². The molecule has 0 aliphatic heterocycles. The van der Waals surface area contributed by atoms with Crippen molar-refractivity contribution in [3.63, 3.8) is 0 Å². The molecule has 100 valence electrons. The molecule has 0 aromatic carbocycles. The molecule has 0 radical (unpaired) electrons. The average molecular weight is 271 g/mol. The standard InChI is InChI=1S/C11H17N3O3S/c1-6(4-5-12)9(15)14(3)10-8(11(16)17)7(2)13-18-10/h6H,4-5,12H2,1-3H3,(H,16,17). The Labute approximate surface area is 110 Å². The molecular formula is C11H17N3O3S. The van der Waals surface area contributed by atoms with Crippen LogP contribution < -0.4 is 10.6 Å². The topological polar surface area (TPSA) is 96.5 Å². The Morgan fingerprint density at radius 2 is 2.17 bits per heavy atom. The molecule has 7 heteroatoms. The molecule has 1 amide bonds. The minimum Gasteiger partial charge on any atom is -0.478 e. The van der Waals surface area contributed by atoms with E-state index in [1.54, 1.807) is 20.9 Å². The third-order valence-electron chi connectivity index (χ3n) is 2.72. The number of aromatic nitrogens is 1. The zero-order chi connectivity index (χ0) is 13.9. The van der Waals surface area contributed by atoms with Gasteiger partial charge in [-0.3, -0.25) is 4.79 Å². The van der Waals surface area contributed by atoms with Gasteiger partial charge in [0.1, 0.15) is 10.6 Å². The Hall–Kier alpha value is -1.47. The second-order valence-electron chi connectivity index (χ2n) is 4.13. The molecule has 18 heavy (non-hydrogen) atoms. The van der Waals surface area contributed by atoms with Crippen LogP contribution in [0.1, 0.15) is 29.4 Å². The summed E-state index contributed by atoms with van der Waals surface area (Å²) in [6.07, 6.45) is 0.573. The number of amides is 1. The Bertz CT molecular complexity index is 458. The maximum Gasteiger partial charge on any atom is 0.340 e. The van der Waals surface area contributed by atoms with Crippen LogP contribution in [-0.2, 0) is 4.79 Å². The first-order chi connectivity index (χ1) is 8.40. The molecule has 3 N–H and O–H groups in total. The largest absolute Gasteiger partial charge is 0.478 e. The lowest BCUT2D eigenvalue weighted by Crippen LogP contribution is -2.33. The summed E-state index contributed by atoms with van der Waals surface area (Å²) < 4.78 is 3.99. The van der Waals surface area contributed by atoms with E-state index >= 15 is 0 Å². The van der Waals surface area contributed by atoms with E-state index in [4.69, 9.17) is 10.8 Å². The van der Waals surface area contributed by atoms with E-state index in [2.05, 4.69) is 4.37 Å². The Morgan fingerprint density at radius 1 is 1.56 bits per heavy atom. The van der Waals surface area contributed by atoms with Crippen molar-refractivity contribution in [2.24, 2.45) is 11.7 Å². The summed E-state index contributed by atoms with van der Waals surface area (Å²) in [5.41, 5.74) is 5.93. The molecule has 0 saturated heterocycles. The van der Waals surface area contributed by atoms with Gasteiger partial charge in [-0.2, -0.15) is 4.37 Å². The molecular weight excluding hydrogens is 254 g/mol. The second kappa shape index (κ2) is 5.92. The van der Waals surface area contributed by atoms with Gasteiger partial charge in [0.05, 0.1) is 5.69 Å². The van der Waals surface area contributed by atoms with Gasteiger partial charge in [0.2, 0.25) is 5.91 Å². The Kier molecular flexibility index (Phi) is 4.80. The summed E-state index contributed by atoms with van der Waals surface area (Å²) in [5.74, 6) is -1.45. The highest BCUT2D eigenvalue weighted by Gasteiger charge is 2.26. The van der Waals surface area contributed by atoms with E-state index in [-0.39, 0.29) is 17.4 Å². The molecule has 0 aliphatic rings. The minimum absolute atomic E-state index is 0.0933. The van der Waals surface area contributed by atoms with Crippen molar-refractivity contribution in [3.05, 3.63) is 11.3 Å². The smallest absolute Gasteiger partial charge is 0.340 e. The third kappa shape index (κ3) is 2.85. The van der Waals surface area contributed by atoms with Crippen LogP contribution in [0.15, 0.2) is 0 Å². The van der Waals surface area contributed by atoms with Crippen LogP contribution in [-0.4, -0.2) is 34.9 Å². The first-order valence-electron chi connectivity index (χ1n) is 5.57. The van der Waals surface area contributed by atoms with Crippen molar-refractivity contribution in [1.29, 1.82) is 0 Å². The van der Waals surface area contributed by atoms with E-state index in [9.17, 15) is 9.59 Å². The normalized spacial score (nSPS) is 12.2. The van der Waals surface area contributed by atoms with Gasteiger partial charge in [-0.1, -0.05) is 6.92 Å². The number of carboxylic acid groups (broad SMARTS) is 1. The van der Waals surface area contributed by atoms with Gasteiger partial charge >= 0.3 is 5.97 Å². The fourth-order valence-electron chi connectivity index (χ4n) is 1.64. The predicted octanol–water partition coefficient (Wildman–Crippen LogP) is 1.10. The number of hydrogen-bond donors (Lipinski definition) is 2. The van der Waals surface area contributed by atoms with Crippen molar-refractivity contribution >= 4 is 28.4 Å². The molecule has 0 fully saturated rings. The number of hydrogen-bond acceptors (Lipinski definition) is 5. The van der Waals surface area contributed by atoms with Crippen molar-refractivity contribution in [1.82, 2.24) is 4.37 Å². The number of nitrogens with zero attached hydrogens (tertiary/aromatic N) is 2. The molecule has 0 bridgehead atoms. The van der Waals surface area contributed by atoms with Crippen LogP contribution in [0.25, 0.3) is 0 Å². The zero-order valence-corrected chi connectivity index (χ0v) is 11.5. The van der Waals surface area contributed by atoms with Gasteiger partial charge < -0.3 is 15.7 Å². The Balaban J connectivity index is 3.00. The minimum atomic E-state index is -1.07. The van der Waals surface area contributed by atoms with E-state index in [1.807, 2.05) is 0 Å². The molecule has 1 atom stereocenters. The van der Waals surface area contributed by atoms with Crippen molar-refractivity contribution < 1.29 is 14.7 Å². The molecule has 1 rings (SSSR count). The maximum atomic E-state index is 12.1. The van der Waals surface area contributed by atoms with Crippen molar-refractivity contribution in [2.75, 3.05) is 18.5 Å². The first-order valence-corrected chi connectivity index (χ1v) is 6.34.